The number of nitrogens with one attached hydrogen (secondary N) is 1. The van der Waals surface area contributed by atoms with Crippen LogP contribution in [0, 0.1) is 5.82 Å². The molecular weight excluding hydrogens is 349 g/mol. The molecule has 150 valence electrons. The molecule has 0 unspecified atom stereocenters. The van der Waals surface area contributed by atoms with Gasteiger partial charge in [-0.15, -0.1) is 0 Å². The third kappa shape index (κ3) is 7.54. The molecule has 2 rings (SSSR count). The molecule has 0 atom stereocenters. The summed E-state index contributed by atoms with van der Waals surface area (Å²) in [6.07, 6.45) is 1.40. The zero-order valence-corrected chi connectivity index (χ0v) is 16.2. The summed E-state index contributed by atoms with van der Waals surface area (Å²) in [7, 11) is 0. The van der Waals surface area contributed by atoms with Crippen LogP contribution in [0.5, 0.6) is 0 Å². The average molecular weight is 379 g/mol. The van der Waals surface area contributed by atoms with Gasteiger partial charge in [0.25, 0.3) is 0 Å². The first kappa shape index (κ1) is 21.2. The predicted octanol–water partition coefficient (Wildman–Crippen LogP) is 2.19. The third-order valence-corrected chi connectivity index (χ3v) is 4.48. The summed E-state index contributed by atoms with van der Waals surface area (Å²) < 4.78 is 18.4. The van der Waals surface area contributed by atoms with Crippen molar-refractivity contribution in [2.45, 2.75) is 39.2 Å². The van der Waals surface area contributed by atoms with E-state index in [9.17, 15) is 14.0 Å². The van der Waals surface area contributed by atoms with Crippen LogP contribution in [-0.4, -0.2) is 62.1 Å². The zero-order chi connectivity index (χ0) is 19.6. The molecule has 1 N–H and O–H groups in total. The van der Waals surface area contributed by atoms with Crippen molar-refractivity contribution in [2.75, 3.05) is 44.2 Å². The molecule has 1 saturated heterocycles. The highest BCUT2D eigenvalue weighted by molar-refractivity contribution is 5.83. The summed E-state index contributed by atoms with van der Waals surface area (Å²) in [6, 6.07) is 6.40. The van der Waals surface area contributed by atoms with E-state index in [1.807, 2.05) is 13.8 Å². The summed E-state index contributed by atoms with van der Waals surface area (Å²) in [6.45, 7) is 7.78. The fraction of sp³-hybridized carbons (Fsp3) is 0.600. The van der Waals surface area contributed by atoms with E-state index in [0.717, 1.165) is 12.1 Å². The van der Waals surface area contributed by atoms with Gasteiger partial charge in [-0.1, -0.05) is 0 Å². The molecule has 6 nitrogen and oxygen atoms in total. The Morgan fingerprint density at radius 2 is 1.78 bits per heavy atom. The van der Waals surface area contributed by atoms with Crippen molar-refractivity contribution >= 4 is 17.5 Å². The van der Waals surface area contributed by atoms with Crippen LogP contribution in [0.1, 0.15) is 33.1 Å². The fourth-order valence-corrected chi connectivity index (χ4v) is 2.95. The molecule has 1 aromatic carbocycles. The molecular formula is C20H30FN3O3. The first-order chi connectivity index (χ1) is 13.0. The Balaban J connectivity index is 1.61. The molecule has 27 heavy (non-hydrogen) atoms. The van der Waals surface area contributed by atoms with E-state index in [0.29, 0.717) is 39.3 Å². The van der Waals surface area contributed by atoms with Crippen LogP contribution < -0.4 is 10.2 Å². The Bertz CT molecular complexity index is 599. The molecule has 1 fully saturated rings. The molecule has 0 aromatic heterocycles. The Kier molecular flexibility index (Phi) is 8.51. The lowest BCUT2D eigenvalue weighted by Crippen LogP contribution is -2.49. The van der Waals surface area contributed by atoms with Gasteiger partial charge in [-0.2, -0.15) is 0 Å². The van der Waals surface area contributed by atoms with Crippen molar-refractivity contribution in [1.29, 1.82) is 0 Å². The monoisotopic (exact) mass is 379 g/mol. The minimum Gasteiger partial charge on any atom is -0.379 e. The highest BCUT2D eigenvalue weighted by Gasteiger charge is 2.21. The second-order valence-electron chi connectivity index (χ2n) is 6.97. The van der Waals surface area contributed by atoms with Crippen molar-refractivity contribution in [3.63, 3.8) is 0 Å². The van der Waals surface area contributed by atoms with Crippen LogP contribution in [0.3, 0.4) is 0 Å². The molecule has 1 aliphatic heterocycles. The van der Waals surface area contributed by atoms with Crippen LogP contribution in [-0.2, 0) is 14.3 Å². The number of carbonyl (C=O) groups is 2. The van der Waals surface area contributed by atoms with Crippen LogP contribution in [0.25, 0.3) is 0 Å². The number of amides is 2. The van der Waals surface area contributed by atoms with Gasteiger partial charge < -0.3 is 19.9 Å². The highest BCUT2D eigenvalue weighted by atomic mass is 19.1. The van der Waals surface area contributed by atoms with Gasteiger partial charge in [0.05, 0.1) is 6.10 Å². The van der Waals surface area contributed by atoms with E-state index in [4.69, 9.17) is 4.74 Å². The number of piperazine rings is 1. The van der Waals surface area contributed by atoms with Gasteiger partial charge in [0, 0.05) is 57.9 Å². The van der Waals surface area contributed by atoms with Crippen LogP contribution >= 0.6 is 0 Å². The second-order valence-corrected chi connectivity index (χ2v) is 6.97. The fourth-order valence-electron chi connectivity index (χ4n) is 2.95. The zero-order valence-electron chi connectivity index (χ0n) is 16.2. The minimum absolute atomic E-state index is 0.00653. The van der Waals surface area contributed by atoms with Crippen molar-refractivity contribution in [1.82, 2.24) is 10.2 Å². The predicted molar refractivity (Wildman–Crippen MR) is 103 cm³/mol. The largest absolute Gasteiger partial charge is 0.379 e. The maximum atomic E-state index is 13.0. The number of ether oxygens (including phenoxy) is 1. The van der Waals surface area contributed by atoms with E-state index >= 15 is 0 Å². The highest BCUT2D eigenvalue weighted by Crippen LogP contribution is 2.17. The number of anilines is 1. The molecule has 0 spiro atoms. The summed E-state index contributed by atoms with van der Waals surface area (Å²) in [4.78, 5) is 28.1. The van der Waals surface area contributed by atoms with Crippen molar-refractivity contribution in [3.05, 3.63) is 30.1 Å². The van der Waals surface area contributed by atoms with Gasteiger partial charge >= 0.3 is 0 Å². The van der Waals surface area contributed by atoms with Gasteiger partial charge in [-0.05, 0) is 44.5 Å². The first-order valence-electron chi connectivity index (χ1n) is 9.62. The molecule has 1 aromatic rings. The van der Waals surface area contributed by atoms with Crippen LogP contribution in [0.4, 0.5) is 10.1 Å². The summed E-state index contributed by atoms with van der Waals surface area (Å²) >= 11 is 0. The number of hydrogen-bond donors (Lipinski definition) is 1. The lowest BCUT2D eigenvalue weighted by molar-refractivity contribution is -0.133. The lowest BCUT2D eigenvalue weighted by atomic mass is 10.2. The van der Waals surface area contributed by atoms with Gasteiger partial charge in [-0.25, -0.2) is 4.39 Å². The topological polar surface area (TPSA) is 61.9 Å². The average Bonchev–Trinajstić information content (AvgIpc) is 2.66. The molecule has 1 aliphatic rings. The number of carbonyl (C=O) groups excluding carboxylic acids is 2. The van der Waals surface area contributed by atoms with Crippen molar-refractivity contribution < 1.29 is 18.7 Å². The second kappa shape index (κ2) is 10.9. The van der Waals surface area contributed by atoms with E-state index in [1.54, 1.807) is 17.0 Å². The lowest BCUT2D eigenvalue weighted by Gasteiger charge is -2.36. The van der Waals surface area contributed by atoms with Gasteiger partial charge in [0.15, 0.2) is 0 Å². The van der Waals surface area contributed by atoms with E-state index < -0.39 is 0 Å². The Morgan fingerprint density at radius 1 is 1.11 bits per heavy atom. The number of nitrogens with zero attached hydrogens (tertiary/aromatic N) is 2. The molecule has 0 saturated carbocycles. The Hall–Kier alpha value is -2.15. The molecule has 7 heteroatoms. The number of rotatable bonds is 9. The molecule has 0 radical (unpaired) electrons. The van der Waals surface area contributed by atoms with E-state index in [-0.39, 0.29) is 36.6 Å². The SMILES string of the molecule is CC(C)OCCCNC(=O)CCC(=O)N1CCN(c2ccc(F)cc2)CC1. The molecule has 0 aliphatic carbocycles. The van der Waals surface area contributed by atoms with E-state index in [1.165, 1.54) is 12.1 Å². The smallest absolute Gasteiger partial charge is 0.223 e. The summed E-state index contributed by atoms with van der Waals surface area (Å²) in [5.74, 6) is -0.344. The van der Waals surface area contributed by atoms with Gasteiger partial charge in [0.1, 0.15) is 5.82 Å². The number of halogens is 1. The summed E-state index contributed by atoms with van der Waals surface area (Å²) in [5, 5.41) is 2.82. The van der Waals surface area contributed by atoms with Crippen molar-refractivity contribution in [3.8, 4) is 0 Å². The van der Waals surface area contributed by atoms with Crippen molar-refractivity contribution in [2.24, 2.45) is 0 Å². The molecule has 1 heterocycles. The van der Waals surface area contributed by atoms with Gasteiger partial charge in [0.2, 0.25) is 11.8 Å². The normalized spacial score (nSPS) is 14.5. The van der Waals surface area contributed by atoms with Gasteiger partial charge in [-0.3, -0.25) is 9.59 Å². The molecule has 0 bridgehead atoms. The first-order valence-corrected chi connectivity index (χ1v) is 9.62. The maximum absolute atomic E-state index is 13.0. The maximum Gasteiger partial charge on any atom is 0.223 e. The quantitative estimate of drug-likeness (QED) is 0.668. The number of benzene rings is 1. The van der Waals surface area contributed by atoms with Crippen LogP contribution in [0.2, 0.25) is 0 Å². The Labute approximate surface area is 160 Å². The van der Waals surface area contributed by atoms with Crippen LogP contribution in [0.15, 0.2) is 24.3 Å². The number of hydrogen-bond acceptors (Lipinski definition) is 4. The summed E-state index contributed by atoms with van der Waals surface area (Å²) in [5.41, 5.74) is 0.962. The third-order valence-electron chi connectivity index (χ3n) is 4.48. The standard InChI is InChI=1S/C20H30FN3O3/c1-16(2)27-15-3-10-22-19(25)8-9-20(26)24-13-11-23(12-14-24)18-6-4-17(21)5-7-18/h4-7,16H,3,8-15H2,1-2H3,(H,22,25). The molecule has 2 amide bonds. The minimum atomic E-state index is -0.252. The van der Waals surface area contributed by atoms with E-state index in [2.05, 4.69) is 10.2 Å². The Morgan fingerprint density at radius 3 is 2.41 bits per heavy atom.